The molecular formula is C26H28N2O6. The van der Waals surface area contributed by atoms with Gasteiger partial charge >= 0.3 is 12.1 Å². The first-order valence-corrected chi connectivity index (χ1v) is 11.7. The molecule has 1 heterocycles. The summed E-state index contributed by atoms with van der Waals surface area (Å²) in [5, 5.41) is 15.1. The third-order valence-corrected chi connectivity index (χ3v) is 7.23. The Morgan fingerprint density at radius 3 is 2.24 bits per heavy atom. The SMILES string of the molecule is O=C(NC[C@@H]1C[C@@H]1C(=O)NC1(C(=O)O)CCOCC1)OCC1c2ccccc2-c2ccccc21. The van der Waals surface area contributed by atoms with Crippen LogP contribution in [0.5, 0.6) is 0 Å². The summed E-state index contributed by atoms with van der Waals surface area (Å²) in [6.45, 7) is 1.17. The second kappa shape index (κ2) is 9.10. The van der Waals surface area contributed by atoms with E-state index in [4.69, 9.17) is 9.47 Å². The van der Waals surface area contributed by atoms with E-state index in [1.54, 1.807) is 0 Å². The zero-order chi connectivity index (χ0) is 23.7. The largest absolute Gasteiger partial charge is 0.480 e. The molecule has 0 radical (unpaired) electrons. The fourth-order valence-corrected chi connectivity index (χ4v) is 5.10. The summed E-state index contributed by atoms with van der Waals surface area (Å²) in [4.78, 5) is 36.7. The summed E-state index contributed by atoms with van der Waals surface area (Å²) in [6, 6.07) is 16.3. The Morgan fingerprint density at radius 1 is 1.00 bits per heavy atom. The van der Waals surface area contributed by atoms with Gasteiger partial charge in [-0.15, -0.1) is 0 Å². The molecule has 178 valence electrons. The second-order valence-corrected chi connectivity index (χ2v) is 9.30. The maximum absolute atomic E-state index is 12.6. The van der Waals surface area contributed by atoms with E-state index < -0.39 is 17.6 Å². The molecule has 0 spiro atoms. The van der Waals surface area contributed by atoms with E-state index in [0.717, 1.165) is 11.1 Å². The molecule has 1 saturated heterocycles. The number of carbonyl (C=O) groups excluding carboxylic acids is 2. The highest BCUT2D eigenvalue weighted by Gasteiger charge is 2.48. The molecule has 0 unspecified atom stereocenters. The van der Waals surface area contributed by atoms with Crippen molar-refractivity contribution >= 4 is 18.0 Å². The second-order valence-electron chi connectivity index (χ2n) is 9.30. The van der Waals surface area contributed by atoms with Gasteiger partial charge in [-0.05, 0) is 34.6 Å². The van der Waals surface area contributed by atoms with E-state index in [2.05, 4.69) is 34.9 Å². The molecule has 2 aliphatic carbocycles. The third kappa shape index (κ3) is 4.25. The normalized spacial score (nSPS) is 22.2. The number of hydrogen-bond donors (Lipinski definition) is 3. The van der Waals surface area contributed by atoms with Crippen LogP contribution in [0.25, 0.3) is 11.1 Å². The molecule has 1 aliphatic heterocycles. The summed E-state index contributed by atoms with van der Waals surface area (Å²) >= 11 is 0. The molecule has 2 fully saturated rings. The Balaban J connectivity index is 1.11. The van der Waals surface area contributed by atoms with Crippen LogP contribution in [0.1, 0.15) is 36.3 Å². The highest BCUT2D eigenvalue weighted by molar-refractivity contribution is 5.89. The number of amides is 2. The molecule has 0 bridgehead atoms. The van der Waals surface area contributed by atoms with Gasteiger partial charge in [-0.1, -0.05) is 48.5 Å². The van der Waals surface area contributed by atoms with Gasteiger partial charge in [0.25, 0.3) is 0 Å². The van der Waals surface area contributed by atoms with Gasteiger partial charge in [-0.25, -0.2) is 9.59 Å². The van der Waals surface area contributed by atoms with Crippen molar-refractivity contribution in [1.82, 2.24) is 10.6 Å². The van der Waals surface area contributed by atoms with Crippen molar-refractivity contribution in [3.8, 4) is 11.1 Å². The number of fused-ring (bicyclic) bond motifs is 3. The van der Waals surface area contributed by atoms with Gasteiger partial charge in [-0.3, -0.25) is 4.79 Å². The molecular weight excluding hydrogens is 436 g/mol. The first-order valence-electron chi connectivity index (χ1n) is 11.7. The zero-order valence-electron chi connectivity index (χ0n) is 18.8. The zero-order valence-corrected chi connectivity index (χ0v) is 18.8. The Morgan fingerprint density at radius 2 is 1.62 bits per heavy atom. The number of hydrogen-bond acceptors (Lipinski definition) is 5. The van der Waals surface area contributed by atoms with E-state index in [9.17, 15) is 19.5 Å². The number of benzene rings is 2. The van der Waals surface area contributed by atoms with Crippen LogP contribution in [-0.4, -0.2) is 55.0 Å². The molecule has 2 aromatic carbocycles. The third-order valence-electron chi connectivity index (χ3n) is 7.23. The van der Waals surface area contributed by atoms with Gasteiger partial charge in [-0.2, -0.15) is 0 Å². The maximum Gasteiger partial charge on any atom is 0.407 e. The average Bonchev–Trinajstić information content (AvgIpc) is 3.57. The first-order chi connectivity index (χ1) is 16.5. The lowest BCUT2D eigenvalue weighted by Crippen LogP contribution is -2.58. The molecule has 34 heavy (non-hydrogen) atoms. The standard InChI is InChI=1S/C26H28N2O6/c29-23(28-26(24(30)31)9-11-33-12-10-26)21-13-16(21)14-27-25(32)34-15-22-19-7-3-1-5-17(19)18-6-2-4-8-20(18)22/h1-8,16,21-22H,9-15H2,(H,27,32)(H,28,29)(H,30,31)/t16-,21-/m0/s1. The Kier molecular flexibility index (Phi) is 6.00. The fraction of sp³-hybridized carbons (Fsp3) is 0.423. The number of nitrogens with one attached hydrogen (secondary N) is 2. The van der Waals surface area contributed by atoms with Crippen molar-refractivity contribution in [2.24, 2.45) is 11.8 Å². The quantitative estimate of drug-likeness (QED) is 0.581. The number of ether oxygens (including phenoxy) is 2. The number of carbonyl (C=O) groups is 3. The summed E-state index contributed by atoms with van der Waals surface area (Å²) in [6.07, 6.45) is 0.605. The predicted molar refractivity (Wildman–Crippen MR) is 123 cm³/mol. The minimum absolute atomic E-state index is 0.00992. The molecule has 2 amide bonds. The molecule has 3 N–H and O–H groups in total. The Hall–Kier alpha value is -3.39. The van der Waals surface area contributed by atoms with Crippen LogP contribution < -0.4 is 10.6 Å². The van der Waals surface area contributed by atoms with E-state index in [1.165, 1.54) is 11.1 Å². The van der Waals surface area contributed by atoms with Gasteiger partial charge in [0.15, 0.2) is 0 Å². The highest BCUT2D eigenvalue weighted by atomic mass is 16.5. The van der Waals surface area contributed by atoms with Crippen molar-refractivity contribution in [1.29, 1.82) is 0 Å². The molecule has 0 aromatic heterocycles. The lowest BCUT2D eigenvalue weighted by atomic mass is 9.90. The molecule has 3 aliphatic rings. The minimum atomic E-state index is -1.26. The van der Waals surface area contributed by atoms with Crippen LogP contribution in [0.15, 0.2) is 48.5 Å². The number of aliphatic carboxylic acids is 1. The summed E-state index contributed by atoms with van der Waals surface area (Å²) in [5.41, 5.74) is 3.37. The number of alkyl carbamates (subject to hydrolysis) is 1. The van der Waals surface area contributed by atoms with Gasteiger partial charge in [0.05, 0.1) is 0 Å². The maximum atomic E-state index is 12.6. The van der Waals surface area contributed by atoms with E-state index >= 15 is 0 Å². The first kappa shape index (κ1) is 22.4. The van der Waals surface area contributed by atoms with Crippen molar-refractivity contribution in [2.45, 2.75) is 30.7 Å². The monoisotopic (exact) mass is 464 g/mol. The van der Waals surface area contributed by atoms with Crippen LogP contribution in [0.3, 0.4) is 0 Å². The summed E-state index contributed by atoms with van der Waals surface area (Å²) in [5.74, 6) is -1.63. The van der Waals surface area contributed by atoms with Gasteiger partial charge in [0.1, 0.15) is 12.1 Å². The van der Waals surface area contributed by atoms with Crippen molar-refractivity contribution < 1.29 is 29.0 Å². The van der Waals surface area contributed by atoms with Crippen LogP contribution in [-0.2, 0) is 19.1 Å². The van der Waals surface area contributed by atoms with Crippen molar-refractivity contribution in [3.05, 3.63) is 59.7 Å². The lowest BCUT2D eigenvalue weighted by Gasteiger charge is -2.34. The fourth-order valence-electron chi connectivity index (χ4n) is 5.10. The summed E-state index contributed by atoms with van der Waals surface area (Å²) in [7, 11) is 0. The average molecular weight is 465 g/mol. The minimum Gasteiger partial charge on any atom is -0.480 e. The number of carboxylic acids is 1. The molecule has 8 heteroatoms. The summed E-state index contributed by atoms with van der Waals surface area (Å²) < 4.78 is 10.8. The molecule has 2 aromatic rings. The predicted octanol–water partition coefficient (Wildman–Crippen LogP) is 2.91. The van der Waals surface area contributed by atoms with Crippen molar-refractivity contribution in [3.63, 3.8) is 0 Å². The molecule has 2 atom stereocenters. The Bertz CT molecular complexity index is 1060. The van der Waals surface area contributed by atoms with Gasteiger partial charge in [0, 0.05) is 44.4 Å². The highest BCUT2D eigenvalue weighted by Crippen LogP contribution is 2.44. The van der Waals surface area contributed by atoms with E-state index in [0.29, 0.717) is 26.2 Å². The number of rotatable bonds is 7. The van der Waals surface area contributed by atoms with Crippen LogP contribution in [0.2, 0.25) is 0 Å². The van der Waals surface area contributed by atoms with Crippen molar-refractivity contribution in [2.75, 3.05) is 26.4 Å². The van der Waals surface area contributed by atoms with Crippen LogP contribution in [0, 0.1) is 11.8 Å². The van der Waals surface area contributed by atoms with E-state index in [-0.39, 0.29) is 43.1 Å². The number of carboxylic acid groups (broad SMARTS) is 1. The van der Waals surface area contributed by atoms with Gasteiger partial charge < -0.3 is 25.2 Å². The van der Waals surface area contributed by atoms with Crippen LogP contribution in [0.4, 0.5) is 4.79 Å². The van der Waals surface area contributed by atoms with E-state index in [1.807, 2.05) is 24.3 Å². The Labute approximate surface area is 197 Å². The lowest BCUT2D eigenvalue weighted by molar-refractivity contribution is -0.152. The van der Waals surface area contributed by atoms with Crippen LogP contribution >= 0.6 is 0 Å². The topological polar surface area (TPSA) is 114 Å². The smallest absolute Gasteiger partial charge is 0.407 e. The van der Waals surface area contributed by atoms with Gasteiger partial charge in [0.2, 0.25) is 5.91 Å². The molecule has 5 rings (SSSR count). The molecule has 8 nitrogen and oxygen atoms in total. The molecule has 1 saturated carbocycles.